The zero-order chi connectivity index (χ0) is 13.3. The summed E-state index contributed by atoms with van der Waals surface area (Å²) in [5, 5.41) is 12.0. The quantitative estimate of drug-likeness (QED) is 0.562. The van der Waals surface area contributed by atoms with Crippen molar-refractivity contribution in [2.75, 3.05) is 32.0 Å². The van der Waals surface area contributed by atoms with Crippen LogP contribution in [-0.2, 0) is 10.0 Å². The van der Waals surface area contributed by atoms with Crippen LogP contribution in [0.15, 0.2) is 0 Å². The molecule has 17 heavy (non-hydrogen) atoms. The molecular weight excluding hydrogens is 240 g/mol. The minimum Gasteiger partial charge on any atom is -0.395 e. The second kappa shape index (κ2) is 8.85. The number of sulfonamides is 1. The molecule has 0 saturated heterocycles. The van der Waals surface area contributed by atoms with Crippen LogP contribution in [0.2, 0.25) is 0 Å². The van der Waals surface area contributed by atoms with Gasteiger partial charge in [0.2, 0.25) is 10.0 Å². The molecule has 0 aromatic rings. The maximum absolute atomic E-state index is 12.1. The molecule has 104 valence electrons. The summed E-state index contributed by atoms with van der Waals surface area (Å²) < 4.78 is 25.7. The second-order valence-corrected chi connectivity index (χ2v) is 6.02. The molecule has 0 aromatic heterocycles. The molecule has 0 amide bonds. The SMILES string of the molecule is CCNCCS(=O)(=O)N(CCO)C(CC)CC. The summed E-state index contributed by atoms with van der Waals surface area (Å²) in [7, 11) is -3.27. The number of rotatable bonds is 10. The van der Waals surface area contributed by atoms with Gasteiger partial charge < -0.3 is 10.4 Å². The average molecular weight is 266 g/mol. The summed E-state index contributed by atoms with van der Waals surface area (Å²) in [6.07, 6.45) is 1.55. The lowest BCUT2D eigenvalue weighted by molar-refractivity contribution is 0.219. The molecule has 6 heteroatoms. The summed E-state index contributed by atoms with van der Waals surface area (Å²) in [5.41, 5.74) is 0. The molecule has 0 atom stereocenters. The zero-order valence-corrected chi connectivity index (χ0v) is 12.0. The van der Waals surface area contributed by atoms with Crippen LogP contribution in [-0.4, -0.2) is 55.9 Å². The fourth-order valence-corrected chi connectivity index (χ4v) is 3.59. The normalized spacial score (nSPS) is 12.6. The highest BCUT2D eigenvalue weighted by Gasteiger charge is 2.26. The fourth-order valence-electron chi connectivity index (χ4n) is 1.84. The van der Waals surface area contributed by atoms with Crippen molar-refractivity contribution in [3.8, 4) is 0 Å². The number of nitrogens with one attached hydrogen (secondary N) is 1. The van der Waals surface area contributed by atoms with E-state index in [1.807, 2.05) is 20.8 Å². The van der Waals surface area contributed by atoms with E-state index in [1.54, 1.807) is 0 Å². The van der Waals surface area contributed by atoms with Gasteiger partial charge in [0.25, 0.3) is 0 Å². The number of nitrogens with zero attached hydrogens (tertiary/aromatic N) is 1. The molecule has 0 aromatic carbocycles. The maximum Gasteiger partial charge on any atom is 0.215 e. The van der Waals surface area contributed by atoms with Gasteiger partial charge >= 0.3 is 0 Å². The lowest BCUT2D eigenvalue weighted by Gasteiger charge is -2.29. The van der Waals surface area contributed by atoms with E-state index in [9.17, 15) is 8.42 Å². The van der Waals surface area contributed by atoms with E-state index in [0.717, 1.165) is 19.4 Å². The first kappa shape index (κ1) is 16.8. The number of hydrogen-bond acceptors (Lipinski definition) is 4. The van der Waals surface area contributed by atoms with Crippen LogP contribution < -0.4 is 5.32 Å². The van der Waals surface area contributed by atoms with E-state index in [1.165, 1.54) is 4.31 Å². The monoisotopic (exact) mass is 266 g/mol. The van der Waals surface area contributed by atoms with Crippen molar-refractivity contribution in [1.29, 1.82) is 0 Å². The van der Waals surface area contributed by atoms with E-state index in [2.05, 4.69) is 5.32 Å². The van der Waals surface area contributed by atoms with Crippen LogP contribution in [0.3, 0.4) is 0 Å². The van der Waals surface area contributed by atoms with Crippen molar-refractivity contribution in [1.82, 2.24) is 9.62 Å². The Morgan fingerprint density at radius 1 is 1.24 bits per heavy atom. The van der Waals surface area contributed by atoms with E-state index in [-0.39, 0.29) is 24.9 Å². The molecule has 0 aliphatic heterocycles. The molecule has 2 N–H and O–H groups in total. The van der Waals surface area contributed by atoms with Crippen molar-refractivity contribution >= 4 is 10.0 Å². The van der Waals surface area contributed by atoms with Crippen molar-refractivity contribution in [3.63, 3.8) is 0 Å². The van der Waals surface area contributed by atoms with E-state index < -0.39 is 10.0 Å². The van der Waals surface area contributed by atoms with Crippen LogP contribution in [0, 0.1) is 0 Å². The summed E-state index contributed by atoms with van der Waals surface area (Å²) in [6.45, 7) is 7.18. The van der Waals surface area contributed by atoms with Crippen molar-refractivity contribution < 1.29 is 13.5 Å². The molecule has 0 fully saturated rings. The van der Waals surface area contributed by atoms with Gasteiger partial charge in [0.15, 0.2) is 0 Å². The molecule has 0 saturated carbocycles. The molecule has 0 heterocycles. The van der Waals surface area contributed by atoms with Gasteiger partial charge in [-0.05, 0) is 19.4 Å². The lowest BCUT2D eigenvalue weighted by Crippen LogP contribution is -2.44. The third kappa shape index (κ3) is 5.81. The van der Waals surface area contributed by atoms with Crippen LogP contribution >= 0.6 is 0 Å². The van der Waals surface area contributed by atoms with Crippen LogP contribution in [0.1, 0.15) is 33.6 Å². The predicted octanol–water partition coefficient (Wildman–Crippen LogP) is 0.409. The lowest BCUT2D eigenvalue weighted by atomic mass is 10.2. The van der Waals surface area contributed by atoms with E-state index >= 15 is 0 Å². The van der Waals surface area contributed by atoms with Gasteiger partial charge in [0.05, 0.1) is 12.4 Å². The van der Waals surface area contributed by atoms with Gasteiger partial charge in [-0.15, -0.1) is 0 Å². The predicted molar refractivity (Wildman–Crippen MR) is 70.5 cm³/mol. The molecule has 0 radical (unpaired) electrons. The van der Waals surface area contributed by atoms with E-state index in [0.29, 0.717) is 6.54 Å². The Labute approximate surface area is 105 Å². The van der Waals surface area contributed by atoms with Gasteiger partial charge in [0, 0.05) is 19.1 Å². The Morgan fingerprint density at radius 2 is 1.82 bits per heavy atom. The van der Waals surface area contributed by atoms with Gasteiger partial charge in [-0.3, -0.25) is 0 Å². The zero-order valence-electron chi connectivity index (χ0n) is 11.1. The fraction of sp³-hybridized carbons (Fsp3) is 1.00. The van der Waals surface area contributed by atoms with Crippen molar-refractivity contribution in [2.24, 2.45) is 0 Å². The molecule has 0 spiro atoms. The smallest absolute Gasteiger partial charge is 0.215 e. The first-order chi connectivity index (χ1) is 8.03. The number of hydrogen-bond donors (Lipinski definition) is 2. The molecule has 0 unspecified atom stereocenters. The standard InChI is InChI=1S/C11H26N2O3S/c1-4-11(5-2)13(8-9-14)17(15,16)10-7-12-6-3/h11-12,14H,4-10H2,1-3H3. The molecule has 0 aliphatic carbocycles. The highest BCUT2D eigenvalue weighted by Crippen LogP contribution is 2.13. The largest absolute Gasteiger partial charge is 0.395 e. The first-order valence-electron chi connectivity index (χ1n) is 6.34. The summed E-state index contributed by atoms with van der Waals surface area (Å²) in [5.74, 6) is 0.0946. The average Bonchev–Trinajstić information content (AvgIpc) is 2.29. The molecule has 0 bridgehead atoms. The number of aliphatic hydroxyl groups is 1. The molecule has 5 nitrogen and oxygen atoms in total. The van der Waals surface area contributed by atoms with Crippen molar-refractivity contribution in [3.05, 3.63) is 0 Å². The summed E-state index contributed by atoms with van der Waals surface area (Å²) in [6, 6.07) is -0.00576. The van der Waals surface area contributed by atoms with Crippen molar-refractivity contribution in [2.45, 2.75) is 39.7 Å². The van der Waals surface area contributed by atoms with Gasteiger partial charge in [-0.25, -0.2) is 8.42 Å². The Kier molecular flexibility index (Phi) is 8.77. The highest BCUT2D eigenvalue weighted by atomic mass is 32.2. The molecule has 0 rings (SSSR count). The van der Waals surface area contributed by atoms with Gasteiger partial charge in [0.1, 0.15) is 0 Å². The molecule has 0 aliphatic rings. The Bertz CT molecular complexity index is 276. The van der Waals surface area contributed by atoms with Crippen LogP contribution in [0.25, 0.3) is 0 Å². The van der Waals surface area contributed by atoms with Crippen LogP contribution in [0.4, 0.5) is 0 Å². The minimum atomic E-state index is -3.27. The maximum atomic E-state index is 12.1. The first-order valence-corrected chi connectivity index (χ1v) is 7.95. The van der Waals surface area contributed by atoms with Gasteiger partial charge in [-0.2, -0.15) is 4.31 Å². The Hall–Kier alpha value is -0.170. The highest BCUT2D eigenvalue weighted by molar-refractivity contribution is 7.89. The Morgan fingerprint density at radius 3 is 2.24 bits per heavy atom. The molecular formula is C11H26N2O3S. The third-order valence-electron chi connectivity index (χ3n) is 2.81. The summed E-state index contributed by atoms with van der Waals surface area (Å²) >= 11 is 0. The minimum absolute atomic E-state index is 0.00576. The Balaban J connectivity index is 4.65. The topological polar surface area (TPSA) is 69.6 Å². The summed E-state index contributed by atoms with van der Waals surface area (Å²) in [4.78, 5) is 0. The third-order valence-corrected chi connectivity index (χ3v) is 4.73. The van der Waals surface area contributed by atoms with E-state index in [4.69, 9.17) is 5.11 Å². The second-order valence-electron chi connectivity index (χ2n) is 3.97. The van der Waals surface area contributed by atoms with Gasteiger partial charge in [-0.1, -0.05) is 20.8 Å². The van der Waals surface area contributed by atoms with Crippen LogP contribution in [0.5, 0.6) is 0 Å². The number of aliphatic hydroxyl groups excluding tert-OH is 1.